The van der Waals surface area contributed by atoms with Crippen molar-refractivity contribution in [2.75, 3.05) is 19.8 Å². The Morgan fingerprint density at radius 2 is 2.04 bits per heavy atom. The highest BCUT2D eigenvalue weighted by Gasteiger charge is 2.25. The van der Waals surface area contributed by atoms with E-state index in [-0.39, 0.29) is 5.91 Å². The van der Waals surface area contributed by atoms with Crippen LogP contribution in [0.15, 0.2) is 28.9 Å². The summed E-state index contributed by atoms with van der Waals surface area (Å²) in [5, 5.41) is 3.79. The zero-order valence-electron chi connectivity index (χ0n) is 13.4. The summed E-state index contributed by atoms with van der Waals surface area (Å²) in [6.07, 6.45) is 2.37. The van der Waals surface area contributed by atoms with Gasteiger partial charge in [-0.1, -0.05) is 5.16 Å². The third kappa shape index (κ3) is 3.16. The minimum atomic E-state index is -0.0270. The van der Waals surface area contributed by atoms with E-state index in [1.165, 1.54) is 0 Å². The molecule has 0 N–H and O–H groups in total. The van der Waals surface area contributed by atoms with Crippen molar-refractivity contribution in [1.29, 1.82) is 0 Å². The van der Waals surface area contributed by atoms with Crippen molar-refractivity contribution in [2.24, 2.45) is 0 Å². The Bertz CT molecular complexity index is 696. The maximum Gasteiger partial charge on any atom is 0.254 e. The number of fused-ring (bicyclic) bond motifs is 1. The zero-order chi connectivity index (χ0) is 16.2. The van der Waals surface area contributed by atoms with Crippen LogP contribution >= 0.6 is 0 Å². The first-order valence-electron chi connectivity index (χ1n) is 7.84. The van der Waals surface area contributed by atoms with Gasteiger partial charge in [0, 0.05) is 24.1 Å². The van der Waals surface area contributed by atoms with Crippen molar-refractivity contribution < 1.29 is 18.8 Å². The van der Waals surface area contributed by atoms with Crippen LogP contribution in [0.4, 0.5) is 0 Å². The van der Waals surface area contributed by atoms with Crippen molar-refractivity contribution in [3.63, 3.8) is 0 Å². The molecular formula is C17H20N2O4. The molecule has 0 atom stereocenters. The number of hydrogen-bond acceptors (Lipinski definition) is 5. The summed E-state index contributed by atoms with van der Waals surface area (Å²) < 4.78 is 16.3. The van der Waals surface area contributed by atoms with Gasteiger partial charge >= 0.3 is 0 Å². The summed E-state index contributed by atoms with van der Waals surface area (Å²) in [5.41, 5.74) is 1.57. The highest BCUT2D eigenvalue weighted by atomic mass is 16.5. The highest BCUT2D eigenvalue weighted by molar-refractivity contribution is 5.95. The number of amides is 1. The molecule has 6 nitrogen and oxygen atoms in total. The third-order valence-corrected chi connectivity index (χ3v) is 3.78. The fourth-order valence-electron chi connectivity index (χ4n) is 2.68. The minimum absolute atomic E-state index is 0.0270. The van der Waals surface area contributed by atoms with Gasteiger partial charge in [-0.05, 0) is 32.0 Å². The first-order chi connectivity index (χ1) is 11.2. The Morgan fingerprint density at radius 1 is 1.26 bits per heavy atom. The first-order valence-corrected chi connectivity index (χ1v) is 7.84. The summed E-state index contributed by atoms with van der Waals surface area (Å²) in [7, 11) is 0. The van der Waals surface area contributed by atoms with Crippen molar-refractivity contribution >= 4 is 5.91 Å². The van der Waals surface area contributed by atoms with Gasteiger partial charge in [-0.3, -0.25) is 4.79 Å². The molecule has 1 aromatic heterocycles. The second-order valence-corrected chi connectivity index (χ2v) is 5.28. The SMILES string of the molecule is CCOc1ccc(C(=O)N2CCc3oncc3C2)cc1OCC. The number of rotatable bonds is 5. The Morgan fingerprint density at radius 3 is 2.83 bits per heavy atom. The molecule has 1 amide bonds. The molecule has 0 saturated heterocycles. The van der Waals surface area contributed by atoms with E-state index in [0.717, 1.165) is 11.3 Å². The molecule has 2 heterocycles. The van der Waals surface area contributed by atoms with E-state index in [2.05, 4.69) is 5.16 Å². The molecule has 0 bridgehead atoms. The maximum absolute atomic E-state index is 12.7. The average Bonchev–Trinajstić information content (AvgIpc) is 3.04. The topological polar surface area (TPSA) is 64.8 Å². The molecule has 1 aliphatic rings. The smallest absolute Gasteiger partial charge is 0.254 e. The molecule has 0 radical (unpaired) electrons. The molecule has 3 rings (SSSR count). The van der Waals surface area contributed by atoms with Gasteiger partial charge in [0.2, 0.25) is 0 Å². The number of ether oxygens (including phenoxy) is 2. The molecule has 1 aliphatic heterocycles. The molecule has 2 aromatic rings. The van der Waals surface area contributed by atoms with Gasteiger partial charge in [-0.25, -0.2) is 0 Å². The molecule has 0 aliphatic carbocycles. The lowest BCUT2D eigenvalue weighted by molar-refractivity contribution is 0.0728. The summed E-state index contributed by atoms with van der Waals surface area (Å²) in [4.78, 5) is 14.5. The Balaban J connectivity index is 1.81. The van der Waals surface area contributed by atoms with Gasteiger partial charge in [0.15, 0.2) is 11.5 Å². The van der Waals surface area contributed by atoms with E-state index in [0.29, 0.717) is 49.8 Å². The standard InChI is InChI=1S/C17H20N2O4/c1-3-21-15-6-5-12(9-16(15)22-4-2)17(20)19-8-7-14-13(11-19)10-18-23-14/h5-6,9-10H,3-4,7-8,11H2,1-2H3. The molecule has 122 valence electrons. The van der Waals surface area contributed by atoms with E-state index in [1.54, 1.807) is 29.3 Å². The fraction of sp³-hybridized carbons (Fsp3) is 0.412. The molecular weight excluding hydrogens is 296 g/mol. The highest BCUT2D eigenvalue weighted by Crippen LogP contribution is 2.29. The van der Waals surface area contributed by atoms with Crippen LogP contribution in [0.5, 0.6) is 11.5 Å². The molecule has 1 aromatic carbocycles. The van der Waals surface area contributed by atoms with Crippen LogP contribution in [0.3, 0.4) is 0 Å². The van der Waals surface area contributed by atoms with E-state index in [4.69, 9.17) is 14.0 Å². The molecule has 0 spiro atoms. The summed E-state index contributed by atoms with van der Waals surface area (Å²) in [6.45, 7) is 6.04. The van der Waals surface area contributed by atoms with Gasteiger partial charge in [-0.15, -0.1) is 0 Å². The van der Waals surface area contributed by atoms with Crippen LogP contribution in [-0.4, -0.2) is 35.7 Å². The fourth-order valence-corrected chi connectivity index (χ4v) is 2.68. The van der Waals surface area contributed by atoms with E-state index < -0.39 is 0 Å². The zero-order valence-corrected chi connectivity index (χ0v) is 13.4. The number of benzene rings is 1. The van der Waals surface area contributed by atoms with Crippen LogP contribution in [-0.2, 0) is 13.0 Å². The van der Waals surface area contributed by atoms with Crippen LogP contribution in [0.25, 0.3) is 0 Å². The number of nitrogens with zero attached hydrogens (tertiary/aromatic N) is 2. The Kier molecular flexibility index (Phi) is 4.50. The number of carbonyl (C=O) groups is 1. The minimum Gasteiger partial charge on any atom is -0.490 e. The van der Waals surface area contributed by atoms with Crippen LogP contribution < -0.4 is 9.47 Å². The largest absolute Gasteiger partial charge is 0.490 e. The lowest BCUT2D eigenvalue weighted by Gasteiger charge is -2.26. The second kappa shape index (κ2) is 6.73. The van der Waals surface area contributed by atoms with Gasteiger partial charge in [0.1, 0.15) is 5.76 Å². The van der Waals surface area contributed by atoms with Crippen LogP contribution in [0.1, 0.15) is 35.5 Å². The van der Waals surface area contributed by atoms with E-state index in [9.17, 15) is 4.79 Å². The average molecular weight is 316 g/mol. The third-order valence-electron chi connectivity index (χ3n) is 3.78. The molecule has 0 saturated carbocycles. The Hall–Kier alpha value is -2.50. The number of hydrogen-bond donors (Lipinski definition) is 0. The Labute approximate surface area is 135 Å². The van der Waals surface area contributed by atoms with Gasteiger partial charge in [0.05, 0.1) is 26.0 Å². The summed E-state index contributed by atoms with van der Waals surface area (Å²) in [6, 6.07) is 5.31. The van der Waals surface area contributed by atoms with Gasteiger partial charge < -0.3 is 18.9 Å². The van der Waals surface area contributed by atoms with Crippen molar-refractivity contribution in [3.8, 4) is 11.5 Å². The monoisotopic (exact) mass is 316 g/mol. The molecule has 23 heavy (non-hydrogen) atoms. The van der Waals surface area contributed by atoms with E-state index >= 15 is 0 Å². The number of aromatic nitrogens is 1. The van der Waals surface area contributed by atoms with Crippen LogP contribution in [0.2, 0.25) is 0 Å². The molecule has 6 heteroatoms. The van der Waals surface area contributed by atoms with Gasteiger partial charge in [-0.2, -0.15) is 0 Å². The first kappa shape index (κ1) is 15.4. The predicted molar refractivity (Wildman–Crippen MR) is 83.7 cm³/mol. The quantitative estimate of drug-likeness (QED) is 0.848. The lowest BCUT2D eigenvalue weighted by Crippen LogP contribution is -2.35. The normalized spacial score (nSPS) is 13.6. The van der Waals surface area contributed by atoms with E-state index in [1.807, 2.05) is 13.8 Å². The summed E-state index contributed by atoms with van der Waals surface area (Å²) in [5.74, 6) is 2.10. The van der Waals surface area contributed by atoms with Crippen molar-refractivity contribution in [2.45, 2.75) is 26.8 Å². The van der Waals surface area contributed by atoms with Gasteiger partial charge in [0.25, 0.3) is 5.91 Å². The molecule has 0 fully saturated rings. The molecule has 0 unspecified atom stereocenters. The van der Waals surface area contributed by atoms with Crippen molar-refractivity contribution in [3.05, 3.63) is 41.3 Å². The number of carbonyl (C=O) groups excluding carboxylic acids is 1. The predicted octanol–water partition coefficient (Wildman–Crippen LogP) is 2.67. The van der Waals surface area contributed by atoms with Crippen LogP contribution in [0, 0.1) is 0 Å². The second-order valence-electron chi connectivity index (χ2n) is 5.28. The lowest BCUT2D eigenvalue weighted by atomic mass is 10.1. The summed E-state index contributed by atoms with van der Waals surface area (Å²) >= 11 is 0. The maximum atomic E-state index is 12.7. The van der Waals surface area contributed by atoms with Crippen molar-refractivity contribution in [1.82, 2.24) is 10.1 Å².